The largest absolute Gasteiger partial charge is 0.385 e. The molecule has 1 saturated heterocycles. The smallest absolute Gasteiger partial charge is 0.321 e. The van der Waals surface area contributed by atoms with Crippen molar-refractivity contribution in [3.63, 3.8) is 0 Å². The van der Waals surface area contributed by atoms with Gasteiger partial charge in [-0.1, -0.05) is 0 Å². The molecule has 2 aliphatic heterocycles. The number of ether oxygens (including phenoxy) is 2. The van der Waals surface area contributed by atoms with E-state index in [2.05, 4.69) is 5.32 Å². The highest BCUT2D eigenvalue weighted by atomic mass is 16.5. The van der Waals surface area contributed by atoms with Gasteiger partial charge in [0.05, 0.1) is 24.3 Å². The van der Waals surface area contributed by atoms with Crippen molar-refractivity contribution in [1.29, 1.82) is 0 Å². The molecule has 2 heterocycles. The van der Waals surface area contributed by atoms with Crippen molar-refractivity contribution in [2.45, 2.75) is 6.42 Å². The Hall–Kier alpha value is -2.45. The summed E-state index contributed by atoms with van der Waals surface area (Å²) in [6.45, 7) is 2.88. The molecule has 0 aliphatic carbocycles. The topological polar surface area (TPSA) is 88.2 Å². The van der Waals surface area contributed by atoms with Crippen LogP contribution in [0.3, 0.4) is 0 Å². The van der Waals surface area contributed by atoms with E-state index in [1.807, 2.05) is 0 Å². The normalized spacial score (nSPS) is 17.0. The van der Waals surface area contributed by atoms with Crippen LogP contribution in [0.5, 0.6) is 0 Å². The van der Waals surface area contributed by atoms with Gasteiger partial charge in [-0.3, -0.25) is 14.5 Å². The molecular weight excluding hydrogens is 326 g/mol. The number of nitrogens with one attached hydrogen (secondary N) is 1. The molecule has 0 spiro atoms. The minimum absolute atomic E-state index is 0.239. The first-order valence-electron chi connectivity index (χ1n) is 8.24. The molecule has 25 heavy (non-hydrogen) atoms. The summed E-state index contributed by atoms with van der Waals surface area (Å²) in [5.74, 6) is -0.638. The second kappa shape index (κ2) is 7.62. The maximum Gasteiger partial charge on any atom is 0.321 e. The molecule has 0 saturated carbocycles. The van der Waals surface area contributed by atoms with Crippen LogP contribution < -0.4 is 5.32 Å². The maximum absolute atomic E-state index is 12.5. The Balaban J connectivity index is 1.69. The minimum Gasteiger partial charge on any atom is -0.385 e. The molecule has 8 nitrogen and oxygen atoms in total. The summed E-state index contributed by atoms with van der Waals surface area (Å²) in [6, 6.07) is 4.54. The number of carbonyl (C=O) groups excluding carboxylic acids is 3. The lowest BCUT2D eigenvalue weighted by Gasteiger charge is -2.26. The molecule has 2 aliphatic rings. The summed E-state index contributed by atoms with van der Waals surface area (Å²) < 4.78 is 10.2. The van der Waals surface area contributed by atoms with Gasteiger partial charge in [-0.25, -0.2) is 4.79 Å². The van der Waals surface area contributed by atoms with Crippen molar-refractivity contribution >= 4 is 23.5 Å². The predicted molar refractivity (Wildman–Crippen MR) is 89.7 cm³/mol. The Morgan fingerprint density at radius 1 is 1.20 bits per heavy atom. The van der Waals surface area contributed by atoms with Crippen LogP contribution in [-0.4, -0.2) is 74.2 Å². The fourth-order valence-corrected chi connectivity index (χ4v) is 2.91. The zero-order valence-electron chi connectivity index (χ0n) is 14.1. The average molecular weight is 347 g/mol. The second-order valence-corrected chi connectivity index (χ2v) is 5.90. The number of carbonyl (C=O) groups is 3. The number of benzene rings is 1. The zero-order chi connectivity index (χ0) is 17.8. The Labute approximate surface area is 145 Å². The molecule has 0 atom stereocenters. The third-order valence-electron chi connectivity index (χ3n) is 4.25. The summed E-state index contributed by atoms with van der Waals surface area (Å²) in [6.07, 6.45) is 0.586. The van der Waals surface area contributed by atoms with Crippen LogP contribution in [0.25, 0.3) is 0 Å². The van der Waals surface area contributed by atoms with Gasteiger partial charge >= 0.3 is 6.03 Å². The molecule has 0 bridgehead atoms. The van der Waals surface area contributed by atoms with Crippen molar-refractivity contribution in [2.75, 3.05) is 51.9 Å². The Morgan fingerprint density at radius 3 is 2.64 bits per heavy atom. The van der Waals surface area contributed by atoms with E-state index in [0.717, 1.165) is 0 Å². The number of methoxy groups -OCH3 is 1. The fourth-order valence-electron chi connectivity index (χ4n) is 2.91. The van der Waals surface area contributed by atoms with E-state index in [9.17, 15) is 14.4 Å². The van der Waals surface area contributed by atoms with Gasteiger partial charge in [0, 0.05) is 39.0 Å². The van der Waals surface area contributed by atoms with Gasteiger partial charge < -0.3 is 19.7 Å². The minimum atomic E-state index is -0.335. The first kappa shape index (κ1) is 17.4. The summed E-state index contributed by atoms with van der Waals surface area (Å²) >= 11 is 0. The molecule has 0 radical (unpaired) electrons. The van der Waals surface area contributed by atoms with Gasteiger partial charge in [0.2, 0.25) is 0 Å². The summed E-state index contributed by atoms with van der Waals surface area (Å²) in [4.78, 5) is 39.9. The van der Waals surface area contributed by atoms with E-state index < -0.39 is 0 Å². The number of hydrogen-bond donors (Lipinski definition) is 1. The van der Waals surface area contributed by atoms with Gasteiger partial charge in [-0.2, -0.15) is 0 Å². The van der Waals surface area contributed by atoms with E-state index >= 15 is 0 Å². The number of anilines is 1. The first-order valence-corrected chi connectivity index (χ1v) is 8.24. The van der Waals surface area contributed by atoms with Crippen LogP contribution in [0, 0.1) is 0 Å². The summed E-state index contributed by atoms with van der Waals surface area (Å²) in [5, 5.41) is 2.77. The van der Waals surface area contributed by atoms with Crippen molar-refractivity contribution in [3.8, 4) is 0 Å². The van der Waals surface area contributed by atoms with Crippen LogP contribution in [-0.2, 0) is 9.47 Å². The lowest BCUT2D eigenvalue weighted by molar-refractivity contribution is 0.0564. The number of amides is 4. The SMILES string of the molecule is COCCCN1C(=O)c2ccc(NC(=O)N3CCOCC3)cc2C1=O. The van der Waals surface area contributed by atoms with Crippen molar-refractivity contribution in [2.24, 2.45) is 0 Å². The van der Waals surface area contributed by atoms with E-state index in [1.54, 1.807) is 30.2 Å². The number of nitrogens with zero attached hydrogens (tertiary/aromatic N) is 2. The van der Waals surface area contributed by atoms with Gasteiger partial charge in [-0.15, -0.1) is 0 Å². The zero-order valence-corrected chi connectivity index (χ0v) is 14.1. The second-order valence-electron chi connectivity index (χ2n) is 5.90. The number of urea groups is 1. The number of imide groups is 1. The third kappa shape index (κ3) is 3.64. The van der Waals surface area contributed by atoms with E-state index in [0.29, 0.717) is 62.7 Å². The van der Waals surface area contributed by atoms with Crippen LogP contribution in [0.4, 0.5) is 10.5 Å². The van der Waals surface area contributed by atoms with E-state index in [1.165, 1.54) is 4.90 Å². The summed E-state index contributed by atoms with van der Waals surface area (Å²) in [7, 11) is 1.58. The highest BCUT2D eigenvalue weighted by molar-refractivity contribution is 6.21. The van der Waals surface area contributed by atoms with Crippen LogP contribution in [0.1, 0.15) is 27.1 Å². The lowest BCUT2D eigenvalue weighted by atomic mass is 10.1. The molecule has 1 N–H and O–H groups in total. The van der Waals surface area contributed by atoms with Gasteiger partial charge in [-0.05, 0) is 24.6 Å². The van der Waals surface area contributed by atoms with Gasteiger partial charge in [0.15, 0.2) is 0 Å². The Morgan fingerprint density at radius 2 is 1.92 bits per heavy atom. The van der Waals surface area contributed by atoms with E-state index in [4.69, 9.17) is 9.47 Å². The first-order chi connectivity index (χ1) is 12.1. The van der Waals surface area contributed by atoms with Gasteiger partial charge in [0.1, 0.15) is 0 Å². The molecule has 1 aromatic carbocycles. The predicted octanol–water partition coefficient (Wildman–Crippen LogP) is 1.18. The van der Waals surface area contributed by atoms with Crippen molar-refractivity contribution in [3.05, 3.63) is 29.3 Å². The number of morpholine rings is 1. The molecule has 1 fully saturated rings. The van der Waals surface area contributed by atoms with Crippen molar-refractivity contribution < 1.29 is 23.9 Å². The molecule has 0 aromatic heterocycles. The Kier molecular flexibility index (Phi) is 5.30. The number of fused-ring (bicyclic) bond motifs is 1. The molecule has 4 amide bonds. The highest BCUT2D eigenvalue weighted by Crippen LogP contribution is 2.26. The number of rotatable bonds is 5. The quantitative estimate of drug-likeness (QED) is 0.638. The van der Waals surface area contributed by atoms with Crippen molar-refractivity contribution in [1.82, 2.24) is 9.80 Å². The van der Waals surface area contributed by atoms with Gasteiger partial charge in [0.25, 0.3) is 11.8 Å². The monoisotopic (exact) mass is 347 g/mol. The fraction of sp³-hybridized carbons (Fsp3) is 0.471. The molecule has 8 heteroatoms. The third-order valence-corrected chi connectivity index (χ3v) is 4.25. The molecule has 134 valence electrons. The van der Waals surface area contributed by atoms with Crippen LogP contribution in [0.15, 0.2) is 18.2 Å². The molecule has 0 unspecified atom stereocenters. The summed E-state index contributed by atoms with van der Waals surface area (Å²) in [5.41, 5.74) is 1.18. The lowest BCUT2D eigenvalue weighted by Crippen LogP contribution is -2.43. The number of hydrogen-bond acceptors (Lipinski definition) is 5. The highest BCUT2D eigenvalue weighted by Gasteiger charge is 2.35. The van der Waals surface area contributed by atoms with E-state index in [-0.39, 0.29) is 17.8 Å². The molecule has 1 aromatic rings. The average Bonchev–Trinajstić information content (AvgIpc) is 2.87. The maximum atomic E-state index is 12.5. The standard InChI is InChI=1S/C17H21N3O5/c1-24-8-2-5-20-15(21)13-4-3-12(11-14(13)16(20)22)18-17(23)19-6-9-25-10-7-19/h3-4,11H,2,5-10H2,1H3,(H,18,23). The molecule has 3 rings (SSSR count). The Bertz CT molecular complexity index is 685. The van der Waals surface area contributed by atoms with Crippen LogP contribution >= 0.6 is 0 Å². The van der Waals surface area contributed by atoms with Crippen LogP contribution in [0.2, 0.25) is 0 Å². The molecular formula is C17H21N3O5.